The van der Waals surface area contributed by atoms with Gasteiger partial charge in [0, 0.05) is 27.9 Å². The van der Waals surface area contributed by atoms with Crippen LogP contribution in [0.3, 0.4) is 0 Å². The molecule has 5 heteroatoms. The number of aromatic nitrogens is 2. The molecule has 2 aromatic carbocycles. The normalized spacial score (nSPS) is 11.0. The van der Waals surface area contributed by atoms with Crippen molar-refractivity contribution in [3.05, 3.63) is 82.1 Å². The fraction of sp³-hybridized carbons (Fsp3) is 0.130. The van der Waals surface area contributed by atoms with Gasteiger partial charge in [0.15, 0.2) is 5.82 Å². The molecule has 0 saturated carbocycles. The molecule has 0 aliphatic heterocycles. The van der Waals surface area contributed by atoms with Crippen LogP contribution in [0.15, 0.2) is 65.4 Å². The van der Waals surface area contributed by atoms with Gasteiger partial charge in [-0.25, -0.2) is 4.98 Å². The van der Waals surface area contributed by atoms with Crippen LogP contribution >= 0.6 is 15.9 Å². The Morgan fingerprint density at radius 1 is 0.964 bits per heavy atom. The first-order valence-electron chi connectivity index (χ1n) is 9.05. The molecule has 0 fully saturated rings. The SMILES string of the molecule is Cc1c(Br)cccc1-c1cccc(Nc2nccc3cc(CO)cnc23)c1C. The van der Waals surface area contributed by atoms with E-state index in [1.165, 1.54) is 16.7 Å². The van der Waals surface area contributed by atoms with E-state index in [2.05, 4.69) is 75.4 Å². The maximum absolute atomic E-state index is 9.34. The van der Waals surface area contributed by atoms with Crippen LogP contribution in [0, 0.1) is 13.8 Å². The number of nitrogens with one attached hydrogen (secondary N) is 1. The number of benzene rings is 2. The van der Waals surface area contributed by atoms with Crippen LogP contribution in [-0.2, 0) is 6.61 Å². The van der Waals surface area contributed by atoms with Crippen LogP contribution in [0.2, 0.25) is 0 Å². The summed E-state index contributed by atoms with van der Waals surface area (Å²) in [6.07, 6.45) is 3.44. The van der Waals surface area contributed by atoms with E-state index in [4.69, 9.17) is 0 Å². The smallest absolute Gasteiger partial charge is 0.156 e. The summed E-state index contributed by atoms with van der Waals surface area (Å²) < 4.78 is 1.10. The Bertz CT molecular complexity index is 1170. The number of anilines is 2. The molecule has 0 aliphatic carbocycles. The highest BCUT2D eigenvalue weighted by molar-refractivity contribution is 9.10. The molecule has 0 radical (unpaired) electrons. The van der Waals surface area contributed by atoms with Gasteiger partial charge in [-0.05, 0) is 65.9 Å². The van der Waals surface area contributed by atoms with Gasteiger partial charge in [0.05, 0.1) is 6.61 Å². The average molecular weight is 434 g/mol. The topological polar surface area (TPSA) is 58.0 Å². The Morgan fingerprint density at radius 2 is 1.71 bits per heavy atom. The zero-order chi connectivity index (χ0) is 19.7. The first kappa shape index (κ1) is 18.6. The molecule has 4 rings (SSSR count). The number of hydrogen-bond donors (Lipinski definition) is 2. The zero-order valence-electron chi connectivity index (χ0n) is 15.7. The van der Waals surface area contributed by atoms with Gasteiger partial charge < -0.3 is 10.4 Å². The van der Waals surface area contributed by atoms with Crippen molar-refractivity contribution < 1.29 is 5.11 Å². The predicted octanol–water partition coefficient (Wildman–Crippen LogP) is 5.91. The summed E-state index contributed by atoms with van der Waals surface area (Å²) in [7, 11) is 0. The minimum atomic E-state index is -0.0266. The highest BCUT2D eigenvalue weighted by atomic mass is 79.9. The van der Waals surface area contributed by atoms with Crippen LogP contribution < -0.4 is 5.32 Å². The summed E-state index contributed by atoms with van der Waals surface area (Å²) in [5.41, 5.74) is 7.30. The first-order valence-corrected chi connectivity index (χ1v) is 9.84. The van der Waals surface area contributed by atoms with Crippen molar-refractivity contribution in [1.82, 2.24) is 9.97 Å². The molecular weight excluding hydrogens is 414 g/mol. The lowest BCUT2D eigenvalue weighted by Gasteiger charge is -2.16. The third-order valence-corrected chi connectivity index (χ3v) is 5.84. The largest absolute Gasteiger partial charge is 0.392 e. The van der Waals surface area contributed by atoms with Crippen LogP contribution in [0.1, 0.15) is 16.7 Å². The van der Waals surface area contributed by atoms with Crippen molar-refractivity contribution >= 4 is 38.3 Å². The number of aliphatic hydroxyl groups is 1. The molecule has 28 heavy (non-hydrogen) atoms. The monoisotopic (exact) mass is 433 g/mol. The van der Waals surface area contributed by atoms with Gasteiger partial charge in [0.1, 0.15) is 5.52 Å². The van der Waals surface area contributed by atoms with Crippen LogP contribution in [0.25, 0.3) is 22.0 Å². The number of hydrogen-bond acceptors (Lipinski definition) is 4. The highest BCUT2D eigenvalue weighted by Gasteiger charge is 2.12. The van der Waals surface area contributed by atoms with Crippen molar-refractivity contribution in [3.63, 3.8) is 0 Å². The molecule has 2 heterocycles. The van der Waals surface area contributed by atoms with Crippen molar-refractivity contribution in [2.24, 2.45) is 0 Å². The minimum Gasteiger partial charge on any atom is -0.392 e. The lowest BCUT2D eigenvalue weighted by atomic mass is 9.95. The maximum Gasteiger partial charge on any atom is 0.156 e. The summed E-state index contributed by atoms with van der Waals surface area (Å²) in [6.45, 7) is 4.20. The number of rotatable bonds is 4. The molecule has 140 valence electrons. The minimum absolute atomic E-state index is 0.0266. The van der Waals surface area contributed by atoms with Crippen LogP contribution in [0.4, 0.5) is 11.5 Å². The lowest BCUT2D eigenvalue weighted by Crippen LogP contribution is -2.00. The number of fused-ring (bicyclic) bond motifs is 1. The number of nitrogens with zero attached hydrogens (tertiary/aromatic N) is 2. The van der Waals surface area contributed by atoms with Gasteiger partial charge in [0.2, 0.25) is 0 Å². The van der Waals surface area contributed by atoms with Gasteiger partial charge in [-0.2, -0.15) is 0 Å². The third-order valence-electron chi connectivity index (χ3n) is 4.98. The number of pyridine rings is 2. The Kier molecular flexibility index (Phi) is 5.11. The van der Waals surface area contributed by atoms with E-state index in [0.29, 0.717) is 5.82 Å². The Labute approximate surface area is 172 Å². The van der Waals surface area contributed by atoms with E-state index in [0.717, 1.165) is 32.2 Å². The Morgan fingerprint density at radius 3 is 2.50 bits per heavy atom. The predicted molar refractivity (Wildman–Crippen MR) is 118 cm³/mol. The number of halogens is 1. The maximum atomic E-state index is 9.34. The molecule has 2 aromatic heterocycles. The molecule has 2 N–H and O–H groups in total. The van der Waals surface area contributed by atoms with E-state index >= 15 is 0 Å². The van der Waals surface area contributed by atoms with Crippen molar-refractivity contribution in [2.45, 2.75) is 20.5 Å². The van der Waals surface area contributed by atoms with Gasteiger partial charge in [-0.3, -0.25) is 4.98 Å². The van der Waals surface area contributed by atoms with Gasteiger partial charge in [-0.15, -0.1) is 0 Å². The average Bonchev–Trinajstić information content (AvgIpc) is 2.71. The quantitative estimate of drug-likeness (QED) is 0.419. The summed E-state index contributed by atoms with van der Waals surface area (Å²) in [5, 5.41) is 13.7. The molecule has 0 atom stereocenters. The van der Waals surface area contributed by atoms with Crippen LogP contribution in [0.5, 0.6) is 0 Å². The second-order valence-corrected chi connectivity index (χ2v) is 7.60. The standard InChI is InChI=1S/C23H20BrN3O/c1-14-18(5-3-7-20(14)24)19-6-4-8-21(15(19)2)27-23-22-17(9-10-25-23)11-16(13-28)12-26-22/h3-12,28H,13H2,1-2H3,(H,25,27). The molecule has 0 amide bonds. The van der Waals surface area contributed by atoms with Crippen molar-refractivity contribution in [1.29, 1.82) is 0 Å². The summed E-state index contributed by atoms with van der Waals surface area (Å²) >= 11 is 3.63. The second kappa shape index (κ2) is 7.70. The second-order valence-electron chi connectivity index (χ2n) is 6.75. The number of aliphatic hydroxyl groups excluding tert-OH is 1. The molecule has 0 spiro atoms. The summed E-state index contributed by atoms with van der Waals surface area (Å²) in [4.78, 5) is 8.98. The molecule has 0 bridgehead atoms. The van der Waals surface area contributed by atoms with E-state index in [1.54, 1.807) is 12.4 Å². The van der Waals surface area contributed by atoms with Gasteiger partial charge in [0.25, 0.3) is 0 Å². The van der Waals surface area contributed by atoms with Crippen molar-refractivity contribution in [2.75, 3.05) is 5.32 Å². The summed E-state index contributed by atoms with van der Waals surface area (Å²) in [5.74, 6) is 0.702. The molecule has 4 nitrogen and oxygen atoms in total. The van der Waals surface area contributed by atoms with E-state index in [-0.39, 0.29) is 6.61 Å². The Balaban J connectivity index is 1.78. The van der Waals surface area contributed by atoms with Crippen molar-refractivity contribution in [3.8, 4) is 11.1 Å². The zero-order valence-corrected chi connectivity index (χ0v) is 17.3. The van der Waals surface area contributed by atoms with Crippen LogP contribution in [-0.4, -0.2) is 15.1 Å². The third kappa shape index (κ3) is 3.39. The summed E-state index contributed by atoms with van der Waals surface area (Å²) in [6, 6.07) is 16.3. The molecule has 4 aromatic rings. The fourth-order valence-electron chi connectivity index (χ4n) is 3.37. The van der Waals surface area contributed by atoms with Gasteiger partial charge in [-0.1, -0.05) is 40.2 Å². The van der Waals surface area contributed by atoms with Gasteiger partial charge >= 0.3 is 0 Å². The fourth-order valence-corrected chi connectivity index (χ4v) is 3.74. The Hall–Kier alpha value is -2.76. The van der Waals surface area contributed by atoms with E-state index in [9.17, 15) is 5.11 Å². The lowest BCUT2D eigenvalue weighted by molar-refractivity contribution is 0.281. The molecule has 0 unspecified atom stereocenters. The molecule has 0 aliphatic rings. The van der Waals surface area contributed by atoms with E-state index < -0.39 is 0 Å². The molecular formula is C23H20BrN3O. The van der Waals surface area contributed by atoms with E-state index in [1.807, 2.05) is 18.2 Å². The molecule has 0 saturated heterocycles. The first-order chi connectivity index (χ1) is 13.6. The highest BCUT2D eigenvalue weighted by Crippen LogP contribution is 2.35.